The van der Waals surface area contributed by atoms with Gasteiger partial charge >= 0.3 is 6.03 Å². The highest BCUT2D eigenvalue weighted by atomic mass is 19.3. The average molecular weight is 299 g/mol. The molecule has 1 aliphatic rings. The lowest BCUT2D eigenvalue weighted by Crippen LogP contribution is -2.34. The van der Waals surface area contributed by atoms with Crippen LogP contribution in [0.5, 0.6) is 5.88 Å². The first-order valence-corrected chi connectivity index (χ1v) is 7.03. The third-order valence-corrected chi connectivity index (χ3v) is 3.19. The van der Waals surface area contributed by atoms with Crippen LogP contribution in [0.15, 0.2) is 18.3 Å². The number of rotatable bonds is 5. The molecule has 21 heavy (non-hydrogen) atoms. The molecular formula is C14H19F2N3O2. The van der Waals surface area contributed by atoms with Gasteiger partial charge in [-0.25, -0.2) is 18.6 Å². The molecule has 1 fully saturated rings. The minimum atomic E-state index is -2.79. The van der Waals surface area contributed by atoms with Crippen molar-refractivity contribution in [1.29, 1.82) is 0 Å². The molecule has 7 heteroatoms. The summed E-state index contributed by atoms with van der Waals surface area (Å²) in [5.74, 6) is -2.30. The van der Waals surface area contributed by atoms with Crippen molar-refractivity contribution in [2.45, 2.75) is 32.1 Å². The maximum Gasteiger partial charge on any atom is 0.322 e. The van der Waals surface area contributed by atoms with E-state index >= 15 is 0 Å². The highest BCUT2D eigenvalue weighted by Gasteiger charge is 2.40. The van der Waals surface area contributed by atoms with E-state index in [1.54, 1.807) is 12.1 Å². The molecule has 0 radical (unpaired) electrons. The largest absolute Gasteiger partial charge is 0.478 e. The number of nitrogens with zero attached hydrogens (tertiary/aromatic N) is 2. The van der Waals surface area contributed by atoms with Crippen molar-refractivity contribution in [2.24, 2.45) is 0 Å². The molecule has 5 nitrogen and oxygen atoms in total. The Labute approximate surface area is 122 Å². The molecular weight excluding hydrogens is 280 g/mol. The molecule has 1 aromatic heterocycles. The Hall–Kier alpha value is -1.92. The maximum absolute atomic E-state index is 13.0. The Bertz CT molecular complexity index is 480. The fourth-order valence-corrected chi connectivity index (χ4v) is 1.97. The first-order chi connectivity index (χ1) is 10.00. The molecule has 2 amide bonds. The van der Waals surface area contributed by atoms with Crippen LogP contribution in [0.25, 0.3) is 0 Å². The molecule has 2 rings (SSSR count). The van der Waals surface area contributed by atoms with Crippen molar-refractivity contribution < 1.29 is 18.3 Å². The summed E-state index contributed by atoms with van der Waals surface area (Å²) in [4.78, 5) is 17.0. The number of halogens is 2. The fourth-order valence-electron chi connectivity index (χ4n) is 1.97. The summed E-state index contributed by atoms with van der Waals surface area (Å²) < 4.78 is 31.5. The second-order valence-electron chi connectivity index (χ2n) is 5.04. The van der Waals surface area contributed by atoms with Crippen LogP contribution in [0.1, 0.15) is 26.2 Å². The zero-order valence-electron chi connectivity index (χ0n) is 11.9. The lowest BCUT2D eigenvalue weighted by atomic mass is 10.3. The van der Waals surface area contributed by atoms with Crippen molar-refractivity contribution in [1.82, 2.24) is 9.88 Å². The van der Waals surface area contributed by atoms with Crippen LogP contribution in [0.2, 0.25) is 0 Å². The van der Waals surface area contributed by atoms with E-state index in [1.807, 2.05) is 0 Å². The van der Waals surface area contributed by atoms with Crippen LogP contribution >= 0.6 is 0 Å². The fraction of sp³-hybridized carbons (Fsp3) is 0.571. The van der Waals surface area contributed by atoms with E-state index in [9.17, 15) is 13.6 Å². The van der Waals surface area contributed by atoms with Gasteiger partial charge in [0.1, 0.15) is 0 Å². The number of alkyl halides is 2. The number of unbranched alkanes of at least 4 members (excludes halogenated alkanes) is 1. The summed E-state index contributed by atoms with van der Waals surface area (Å²) in [6.07, 6.45) is 3.15. The van der Waals surface area contributed by atoms with Crippen molar-refractivity contribution in [2.75, 3.05) is 25.0 Å². The average Bonchev–Trinajstić information content (AvgIpc) is 2.81. The summed E-state index contributed by atoms with van der Waals surface area (Å²) >= 11 is 0. The Morgan fingerprint density at radius 3 is 2.90 bits per heavy atom. The van der Waals surface area contributed by atoms with Crippen LogP contribution in [-0.4, -0.2) is 41.5 Å². The number of pyridine rings is 1. The van der Waals surface area contributed by atoms with Crippen LogP contribution < -0.4 is 10.1 Å². The second-order valence-corrected chi connectivity index (χ2v) is 5.04. The van der Waals surface area contributed by atoms with E-state index < -0.39 is 18.5 Å². The molecule has 116 valence electrons. The van der Waals surface area contributed by atoms with Gasteiger partial charge in [-0.05, 0) is 12.5 Å². The first kappa shape index (κ1) is 15.5. The van der Waals surface area contributed by atoms with Crippen LogP contribution in [0.3, 0.4) is 0 Å². The van der Waals surface area contributed by atoms with Gasteiger partial charge in [0.05, 0.1) is 25.0 Å². The predicted octanol–water partition coefficient (Wildman–Crippen LogP) is 3.13. The van der Waals surface area contributed by atoms with Gasteiger partial charge in [0, 0.05) is 19.0 Å². The van der Waals surface area contributed by atoms with Gasteiger partial charge in [0.2, 0.25) is 5.88 Å². The van der Waals surface area contributed by atoms with E-state index in [4.69, 9.17) is 4.74 Å². The maximum atomic E-state index is 13.0. The molecule has 1 saturated heterocycles. The van der Waals surface area contributed by atoms with Crippen LogP contribution in [-0.2, 0) is 0 Å². The lowest BCUT2D eigenvalue weighted by Gasteiger charge is -2.16. The van der Waals surface area contributed by atoms with Gasteiger partial charge in [0.25, 0.3) is 5.92 Å². The van der Waals surface area contributed by atoms with Gasteiger partial charge in [-0.3, -0.25) is 0 Å². The number of nitrogens with one attached hydrogen (secondary N) is 1. The third kappa shape index (κ3) is 4.54. The van der Waals surface area contributed by atoms with E-state index in [1.165, 1.54) is 6.20 Å². The molecule has 1 N–H and O–H groups in total. The highest BCUT2D eigenvalue weighted by Crippen LogP contribution is 2.27. The van der Waals surface area contributed by atoms with E-state index in [0.717, 1.165) is 17.7 Å². The SMILES string of the molecule is CCCCOc1ccc(NC(=O)N2CCC(F)(F)C2)cn1. The summed E-state index contributed by atoms with van der Waals surface area (Å²) in [6, 6.07) is 2.75. The number of carbonyl (C=O) groups is 1. The minimum absolute atomic E-state index is 0.0600. The van der Waals surface area contributed by atoms with Crippen molar-refractivity contribution in [3.05, 3.63) is 18.3 Å². The molecule has 0 unspecified atom stereocenters. The van der Waals surface area contributed by atoms with Crippen LogP contribution in [0.4, 0.5) is 19.3 Å². The first-order valence-electron chi connectivity index (χ1n) is 7.03. The van der Waals surface area contributed by atoms with E-state index in [0.29, 0.717) is 18.2 Å². The molecule has 0 saturated carbocycles. The Morgan fingerprint density at radius 2 is 2.33 bits per heavy atom. The number of anilines is 1. The Morgan fingerprint density at radius 1 is 1.52 bits per heavy atom. The number of amides is 2. The zero-order chi connectivity index (χ0) is 15.3. The molecule has 1 aliphatic heterocycles. The lowest BCUT2D eigenvalue weighted by molar-refractivity contribution is 0.0159. The number of carbonyl (C=O) groups excluding carboxylic acids is 1. The van der Waals surface area contributed by atoms with Crippen molar-refractivity contribution in [3.63, 3.8) is 0 Å². The summed E-state index contributed by atoms with van der Waals surface area (Å²) in [5.41, 5.74) is 0.457. The molecule has 0 spiro atoms. The number of hydrogen-bond donors (Lipinski definition) is 1. The molecule has 0 bridgehead atoms. The van der Waals surface area contributed by atoms with Crippen molar-refractivity contribution in [3.8, 4) is 5.88 Å². The number of aromatic nitrogens is 1. The van der Waals surface area contributed by atoms with Crippen molar-refractivity contribution >= 4 is 11.7 Å². The number of ether oxygens (including phenoxy) is 1. The number of urea groups is 1. The molecule has 0 atom stereocenters. The molecule has 1 aromatic rings. The summed E-state index contributed by atoms with van der Waals surface area (Å²) in [6.45, 7) is 2.18. The standard InChI is InChI=1S/C14H19F2N3O2/c1-2-3-8-21-12-5-4-11(9-17-12)18-13(20)19-7-6-14(15,16)10-19/h4-5,9H,2-3,6-8,10H2,1H3,(H,18,20). The molecule has 0 aromatic carbocycles. The summed E-state index contributed by atoms with van der Waals surface area (Å²) in [5, 5.41) is 2.55. The third-order valence-electron chi connectivity index (χ3n) is 3.19. The quantitative estimate of drug-likeness (QED) is 0.850. The van der Waals surface area contributed by atoms with Gasteiger partial charge in [0.15, 0.2) is 0 Å². The molecule has 0 aliphatic carbocycles. The Kier molecular flexibility index (Phi) is 4.93. The minimum Gasteiger partial charge on any atom is -0.478 e. The van der Waals surface area contributed by atoms with E-state index in [-0.39, 0.29) is 13.0 Å². The van der Waals surface area contributed by atoms with Gasteiger partial charge in [-0.15, -0.1) is 0 Å². The highest BCUT2D eigenvalue weighted by molar-refractivity contribution is 5.89. The number of likely N-dealkylation sites (tertiary alicyclic amines) is 1. The second kappa shape index (κ2) is 6.69. The zero-order valence-corrected chi connectivity index (χ0v) is 11.9. The Balaban J connectivity index is 1.84. The summed E-state index contributed by atoms with van der Waals surface area (Å²) in [7, 11) is 0. The van der Waals surface area contributed by atoms with Gasteiger partial charge in [-0.2, -0.15) is 0 Å². The monoisotopic (exact) mass is 299 g/mol. The normalized spacial score (nSPS) is 16.8. The predicted molar refractivity (Wildman–Crippen MR) is 74.8 cm³/mol. The topological polar surface area (TPSA) is 54.5 Å². The molecule has 2 heterocycles. The smallest absolute Gasteiger partial charge is 0.322 e. The van der Waals surface area contributed by atoms with Gasteiger partial charge < -0.3 is 15.0 Å². The number of hydrogen-bond acceptors (Lipinski definition) is 3. The van der Waals surface area contributed by atoms with Gasteiger partial charge in [-0.1, -0.05) is 13.3 Å². The van der Waals surface area contributed by atoms with Crippen LogP contribution in [0, 0.1) is 0 Å². The van der Waals surface area contributed by atoms with E-state index in [2.05, 4.69) is 17.2 Å².